The molecule has 20 heavy (non-hydrogen) atoms. The number of hydrogen-bond acceptors (Lipinski definition) is 4. The van der Waals surface area contributed by atoms with E-state index in [1.807, 2.05) is 0 Å². The standard InChI is InChI=1S/C15H20O5/c1-19-12-5-2-4-11(8-12)13(16)9-15(14(17)18)6-3-7-20-10-15/h2,4-5,8,13,16H,3,6-7,9-10H2,1H3,(H,17,18). The number of ether oxygens (including phenoxy) is 2. The van der Waals surface area contributed by atoms with Crippen LogP contribution in [0.4, 0.5) is 0 Å². The fraction of sp³-hybridized carbons (Fsp3) is 0.533. The smallest absolute Gasteiger partial charge is 0.312 e. The summed E-state index contributed by atoms with van der Waals surface area (Å²) in [7, 11) is 1.55. The molecule has 2 rings (SSSR count). The Kier molecular flexibility index (Phi) is 4.62. The Bertz CT molecular complexity index is 465. The summed E-state index contributed by atoms with van der Waals surface area (Å²) >= 11 is 0. The van der Waals surface area contributed by atoms with Gasteiger partial charge in [-0.05, 0) is 37.0 Å². The van der Waals surface area contributed by atoms with Gasteiger partial charge in [0.15, 0.2) is 0 Å². The first kappa shape index (κ1) is 14.8. The van der Waals surface area contributed by atoms with Gasteiger partial charge in [0.1, 0.15) is 5.75 Å². The van der Waals surface area contributed by atoms with E-state index in [0.29, 0.717) is 30.8 Å². The number of carboxylic acids is 1. The lowest BCUT2D eigenvalue weighted by molar-refractivity contribution is -0.160. The van der Waals surface area contributed by atoms with E-state index < -0.39 is 17.5 Å². The van der Waals surface area contributed by atoms with Crippen LogP contribution < -0.4 is 4.74 Å². The van der Waals surface area contributed by atoms with Gasteiger partial charge in [-0.2, -0.15) is 0 Å². The molecular weight excluding hydrogens is 260 g/mol. The maximum Gasteiger partial charge on any atom is 0.312 e. The molecule has 0 aliphatic carbocycles. The van der Waals surface area contributed by atoms with Crippen LogP contribution in [0.1, 0.15) is 30.9 Å². The van der Waals surface area contributed by atoms with Gasteiger partial charge in [0.05, 0.1) is 25.2 Å². The molecule has 1 aliphatic heterocycles. The second-order valence-electron chi connectivity index (χ2n) is 5.24. The number of aliphatic carboxylic acids is 1. The number of rotatable bonds is 5. The lowest BCUT2D eigenvalue weighted by Crippen LogP contribution is -2.40. The highest BCUT2D eigenvalue weighted by Crippen LogP contribution is 2.38. The maximum absolute atomic E-state index is 11.6. The quantitative estimate of drug-likeness (QED) is 0.862. The highest BCUT2D eigenvalue weighted by atomic mass is 16.5. The molecule has 5 nitrogen and oxygen atoms in total. The van der Waals surface area contributed by atoms with Crippen molar-refractivity contribution in [3.63, 3.8) is 0 Å². The SMILES string of the molecule is COc1cccc(C(O)CC2(C(=O)O)CCCOC2)c1. The molecule has 0 radical (unpaired) electrons. The zero-order chi connectivity index (χ0) is 14.6. The Morgan fingerprint density at radius 2 is 2.35 bits per heavy atom. The van der Waals surface area contributed by atoms with E-state index in [1.165, 1.54) is 0 Å². The topological polar surface area (TPSA) is 76.0 Å². The monoisotopic (exact) mass is 280 g/mol. The average Bonchev–Trinajstić information content (AvgIpc) is 2.48. The third-order valence-electron chi connectivity index (χ3n) is 3.84. The van der Waals surface area contributed by atoms with Crippen LogP contribution in [0.2, 0.25) is 0 Å². The molecule has 0 aromatic heterocycles. The predicted molar refractivity (Wildman–Crippen MR) is 72.7 cm³/mol. The van der Waals surface area contributed by atoms with Crippen molar-refractivity contribution < 1.29 is 24.5 Å². The molecule has 0 spiro atoms. The highest BCUT2D eigenvalue weighted by Gasteiger charge is 2.42. The summed E-state index contributed by atoms with van der Waals surface area (Å²) in [5.41, 5.74) is -0.337. The normalized spacial score (nSPS) is 24.1. The summed E-state index contributed by atoms with van der Waals surface area (Å²) < 4.78 is 10.4. The maximum atomic E-state index is 11.6. The summed E-state index contributed by atoms with van der Waals surface area (Å²) in [6, 6.07) is 7.06. The number of carboxylic acid groups (broad SMARTS) is 1. The number of carbonyl (C=O) groups is 1. The summed E-state index contributed by atoms with van der Waals surface area (Å²) in [5.74, 6) is -0.259. The van der Waals surface area contributed by atoms with Crippen molar-refractivity contribution in [2.75, 3.05) is 20.3 Å². The molecule has 5 heteroatoms. The number of methoxy groups -OCH3 is 1. The van der Waals surface area contributed by atoms with Crippen LogP contribution in [0.25, 0.3) is 0 Å². The third kappa shape index (κ3) is 3.11. The number of hydrogen-bond donors (Lipinski definition) is 2. The van der Waals surface area contributed by atoms with Crippen LogP contribution in [0.5, 0.6) is 5.75 Å². The van der Waals surface area contributed by atoms with Crippen molar-refractivity contribution in [2.24, 2.45) is 5.41 Å². The summed E-state index contributed by atoms with van der Waals surface area (Å²) in [5, 5.41) is 19.8. The lowest BCUT2D eigenvalue weighted by atomic mass is 9.76. The van der Waals surface area contributed by atoms with Crippen LogP contribution in [0.3, 0.4) is 0 Å². The zero-order valence-corrected chi connectivity index (χ0v) is 11.5. The molecule has 2 N–H and O–H groups in total. The Labute approximate surface area is 118 Å². The Morgan fingerprint density at radius 3 is 2.95 bits per heavy atom. The molecule has 1 saturated heterocycles. The van der Waals surface area contributed by atoms with E-state index in [9.17, 15) is 15.0 Å². The summed E-state index contributed by atoms with van der Waals surface area (Å²) in [6.07, 6.45) is 0.540. The molecule has 2 atom stereocenters. The van der Waals surface area contributed by atoms with Crippen LogP contribution in [-0.2, 0) is 9.53 Å². The number of benzene rings is 1. The van der Waals surface area contributed by atoms with Crippen molar-refractivity contribution in [1.82, 2.24) is 0 Å². The Hall–Kier alpha value is -1.59. The van der Waals surface area contributed by atoms with E-state index in [2.05, 4.69) is 0 Å². The summed E-state index contributed by atoms with van der Waals surface area (Å²) in [6.45, 7) is 0.744. The van der Waals surface area contributed by atoms with Gasteiger partial charge in [-0.15, -0.1) is 0 Å². The molecule has 1 aromatic rings. The van der Waals surface area contributed by atoms with Gasteiger partial charge in [0, 0.05) is 6.61 Å². The van der Waals surface area contributed by atoms with E-state index in [1.54, 1.807) is 31.4 Å². The molecule has 110 valence electrons. The largest absolute Gasteiger partial charge is 0.497 e. The number of aliphatic hydroxyl groups excluding tert-OH is 1. The van der Waals surface area contributed by atoms with Crippen LogP contribution in [0.15, 0.2) is 24.3 Å². The second kappa shape index (κ2) is 6.24. The Balaban J connectivity index is 2.15. The fourth-order valence-corrected chi connectivity index (χ4v) is 2.61. The lowest BCUT2D eigenvalue weighted by Gasteiger charge is -2.34. The van der Waals surface area contributed by atoms with Gasteiger partial charge >= 0.3 is 5.97 Å². The van der Waals surface area contributed by atoms with Gasteiger partial charge in [-0.25, -0.2) is 0 Å². The molecular formula is C15H20O5. The minimum Gasteiger partial charge on any atom is -0.497 e. The highest BCUT2D eigenvalue weighted by molar-refractivity contribution is 5.75. The molecule has 0 bridgehead atoms. The predicted octanol–water partition coefficient (Wildman–Crippen LogP) is 2.00. The first-order chi connectivity index (χ1) is 9.57. The second-order valence-corrected chi connectivity index (χ2v) is 5.24. The molecule has 2 unspecified atom stereocenters. The molecule has 0 saturated carbocycles. The van der Waals surface area contributed by atoms with Crippen molar-refractivity contribution in [2.45, 2.75) is 25.4 Å². The van der Waals surface area contributed by atoms with E-state index in [0.717, 1.165) is 0 Å². The zero-order valence-electron chi connectivity index (χ0n) is 11.5. The third-order valence-corrected chi connectivity index (χ3v) is 3.84. The van der Waals surface area contributed by atoms with Gasteiger partial charge < -0.3 is 19.7 Å². The summed E-state index contributed by atoms with van der Waals surface area (Å²) in [4.78, 5) is 11.6. The molecule has 1 aliphatic rings. The molecule has 1 fully saturated rings. The van der Waals surface area contributed by atoms with Crippen molar-refractivity contribution in [1.29, 1.82) is 0 Å². The van der Waals surface area contributed by atoms with Gasteiger partial charge in [-0.3, -0.25) is 4.79 Å². The first-order valence-electron chi connectivity index (χ1n) is 6.70. The van der Waals surface area contributed by atoms with E-state index >= 15 is 0 Å². The van der Waals surface area contributed by atoms with Gasteiger partial charge in [0.25, 0.3) is 0 Å². The van der Waals surface area contributed by atoms with Crippen LogP contribution >= 0.6 is 0 Å². The molecule has 0 amide bonds. The van der Waals surface area contributed by atoms with E-state index in [4.69, 9.17) is 9.47 Å². The van der Waals surface area contributed by atoms with Crippen molar-refractivity contribution >= 4 is 5.97 Å². The Morgan fingerprint density at radius 1 is 1.55 bits per heavy atom. The van der Waals surface area contributed by atoms with Crippen LogP contribution in [0, 0.1) is 5.41 Å². The fourth-order valence-electron chi connectivity index (χ4n) is 2.61. The first-order valence-corrected chi connectivity index (χ1v) is 6.70. The minimum atomic E-state index is -0.999. The van der Waals surface area contributed by atoms with Gasteiger partial charge in [0.2, 0.25) is 0 Å². The van der Waals surface area contributed by atoms with Crippen LogP contribution in [-0.4, -0.2) is 36.5 Å². The average molecular weight is 280 g/mol. The van der Waals surface area contributed by atoms with E-state index in [-0.39, 0.29) is 13.0 Å². The van der Waals surface area contributed by atoms with Gasteiger partial charge in [-0.1, -0.05) is 12.1 Å². The minimum absolute atomic E-state index is 0.148. The number of aliphatic hydroxyl groups is 1. The molecule has 1 aromatic carbocycles. The van der Waals surface area contributed by atoms with Crippen molar-refractivity contribution in [3.05, 3.63) is 29.8 Å². The molecule has 1 heterocycles. The van der Waals surface area contributed by atoms with Crippen molar-refractivity contribution in [3.8, 4) is 5.75 Å².